The summed E-state index contributed by atoms with van der Waals surface area (Å²) in [7, 11) is 3.14. The Kier molecular flexibility index (Phi) is 8.31. The number of nitrogens with zero attached hydrogens (tertiary/aromatic N) is 2. The number of para-hydroxylation sites is 2. The molecule has 2 aromatic carbocycles. The number of H-pyrrole nitrogens is 1. The number of benzene rings is 2. The quantitative estimate of drug-likeness (QED) is 0.215. The molecule has 1 unspecified atom stereocenters. The van der Waals surface area contributed by atoms with Crippen LogP contribution in [0.4, 0.5) is 4.39 Å². The van der Waals surface area contributed by atoms with Gasteiger partial charge in [-0.1, -0.05) is 32.0 Å². The molecular formula is C29H38FN3O4. The highest BCUT2D eigenvalue weighted by Crippen LogP contribution is 2.48. The number of hydrogen-bond donors (Lipinski definition) is 1. The molecule has 0 saturated carbocycles. The van der Waals surface area contributed by atoms with Gasteiger partial charge in [0.25, 0.3) is 0 Å². The van der Waals surface area contributed by atoms with E-state index in [2.05, 4.69) is 23.8 Å². The number of nitrogens with one attached hydrogen (secondary N) is 1. The van der Waals surface area contributed by atoms with Crippen molar-refractivity contribution >= 4 is 17.0 Å². The van der Waals surface area contributed by atoms with E-state index < -0.39 is 16.2 Å². The van der Waals surface area contributed by atoms with Gasteiger partial charge in [-0.05, 0) is 54.2 Å². The van der Waals surface area contributed by atoms with E-state index in [4.69, 9.17) is 9.47 Å². The number of imidazole rings is 1. The zero-order valence-corrected chi connectivity index (χ0v) is 22.3. The summed E-state index contributed by atoms with van der Waals surface area (Å²) in [5, 5.41) is 13.5. The standard InChI is InChI=1S/C29H38FN3O4/c1-20(2)28-23-12-11-22(30)18-21(23)13-14-29(28,37-27(34)19-36-4)15-17-33(3,35)16-7-10-26-31-24-8-5-6-9-25(24)32-26/h5-6,8-9,11-12,18,20,28H,7,10,13-17,19H2,1-4H3,(H,31,32)/t28-,29-,33?/m0/s1. The normalized spacial score (nSPS) is 21.1. The monoisotopic (exact) mass is 511 g/mol. The molecule has 0 spiro atoms. The summed E-state index contributed by atoms with van der Waals surface area (Å²) < 4.78 is 24.7. The maximum absolute atomic E-state index is 14.0. The van der Waals surface area contributed by atoms with Gasteiger partial charge in [0.05, 0.1) is 31.2 Å². The number of carbonyl (C=O) groups excluding carboxylic acids is 1. The van der Waals surface area contributed by atoms with E-state index >= 15 is 0 Å². The molecule has 0 bridgehead atoms. The number of esters is 1. The van der Waals surface area contributed by atoms with Gasteiger partial charge in [0.15, 0.2) is 0 Å². The lowest BCUT2D eigenvalue weighted by Gasteiger charge is -2.48. The number of aryl methyl sites for hydroxylation is 2. The van der Waals surface area contributed by atoms with Crippen LogP contribution in [0, 0.1) is 16.9 Å². The molecule has 3 atom stereocenters. The molecule has 1 heterocycles. The van der Waals surface area contributed by atoms with Crippen LogP contribution in [0.1, 0.15) is 56.0 Å². The van der Waals surface area contributed by atoms with Crippen molar-refractivity contribution in [2.45, 2.75) is 57.5 Å². The fourth-order valence-corrected chi connectivity index (χ4v) is 5.91. The molecular weight excluding hydrogens is 473 g/mol. The smallest absolute Gasteiger partial charge is 0.332 e. The Balaban J connectivity index is 1.48. The van der Waals surface area contributed by atoms with Crippen LogP contribution in [0.5, 0.6) is 0 Å². The van der Waals surface area contributed by atoms with E-state index in [1.807, 2.05) is 30.3 Å². The predicted molar refractivity (Wildman–Crippen MR) is 141 cm³/mol. The summed E-state index contributed by atoms with van der Waals surface area (Å²) in [5.74, 6) is 0.149. The molecule has 0 saturated heterocycles. The number of hydrogen-bond acceptors (Lipinski definition) is 5. The van der Waals surface area contributed by atoms with Gasteiger partial charge < -0.3 is 24.3 Å². The second-order valence-electron chi connectivity index (χ2n) is 10.8. The highest BCUT2D eigenvalue weighted by molar-refractivity contribution is 5.74. The van der Waals surface area contributed by atoms with E-state index in [0.717, 1.165) is 28.0 Å². The SMILES string of the molecule is COCC(=O)O[C@]1(CC[N+](C)([O-])CCCc2nc3ccccc3[nH]2)CCc2cc(F)ccc2[C@@H]1C(C)C. The minimum atomic E-state index is -0.850. The lowest BCUT2D eigenvalue weighted by molar-refractivity contribution is -0.861. The van der Waals surface area contributed by atoms with Crippen LogP contribution in [0.15, 0.2) is 42.5 Å². The highest BCUT2D eigenvalue weighted by atomic mass is 19.1. The number of halogens is 1. The van der Waals surface area contributed by atoms with E-state index in [1.54, 1.807) is 13.1 Å². The molecule has 0 aliphatic heterocycles. The molecule has 8 heteroatoms. The summed E-state index contributed by atoms with van der Waals surface area (Å²) in [6, 6.07) is 12.7. The number of methoxy groups -OCH3 is 1. The van der Waals surface area contributed by atoms with Gasteiger partial charge in [-0.3, -0.25) is 0 Å². The zero-order valence-electron chi connectivity index (χ0n) is 22.3. The Labute approximate surface area is 218 Å². The maximum Gasteiger partial charge on any atom is 0.332 e. The summed E-state index contributed by atoms with van der Waals surface area (Å²) in [6.45, 7) is 4.75. The largest absolute Gasteiger partial charge is 0.633 e. The van der Waals surface area contributed by atoms with Gasteiger partial charge in [0.1, 0.15) is 23.8 Å². The third-order valence-corrected chi connectivity index (χ3v) is 7.56. The first-order valence-corrected chi connectivity index (χ1v) is 13.1. The first kappa shape index (κ1) is 27.2. The Morgan fingerprint density at radius 3 is 2.78 bits per heavy atom. The number of ether oxygens (including phenoxy) is 2. The lowest BCUT2D eigenvalue weighted by Crippen LogP contribution is -2.51. The molecule has 0 radical (unpaired) electrons. The summed E-state index contributed by atoms with van der Waals surface area (Å²) in [5.41, 5.74) is 3.01. The molecule has 1 N–H and O–H groups in total. The number of rotatable bonds is 11. The van der Waals surface area contributed by atoms with Crippen molar-refractivity contribution in [2.24, 2.45) is 5.92 Å². The molecule has 0 amide bonds. The highest BCUT2D eigenvalue weighted by Gasteiger charge is 2.48. The summed E-state index contributed by atoms with van der Waals surface area (Å²) >= 11 is 0. The Morgan fingerprint density at radius 1 is 1.27 bits per heavy atom. The fraction of sp³-hybridized carbons (Fsp3) is 0.517. The molecule has 4 rings (SSSR count). The summed E-state index contributed by atoms with van der Waals surface area (Å²) in [4.78, 5) is 20.6. The van der Waals surface area contributed by atoms with Crippen LogP contribution in [-0.2, 0) is 27.1 Å². The molecule has 0 fully saturated rings. The average Bonchev–Trinajstić information content (AvgIpc) is 3.25. The molecule has 1 aliphatic rings. The molecule has 1 aromatic heterocycles. The Bertz CT molecular complexity index is 1190. The maximum atomic E-state index is 14.0. The van der Waals surface area contributed by atoms with Crippen molar-refractivity contribution in [1.82, 2.24) is 9.97 Å². The number of carbonyl (C=O) groups is 1. The second-order valence-corrected chi connectivity index (χ2v) is 10.8. The van der Waals surface area contributed by atoms with Gasteiger partial charge in [0.2, 0.25) is 0 Å². The van der Waals surface area contributed by atoms with Crippen LogP contribution in [0.3, 0.4) is 0 Å². The third-order valence-electron chi connectivity index (χ3n) is 7.56. The minimum Gasteiger partial charge on any atom is -0.633 e. The van der Waals surface area contributed by atoms with E-state index in [-0.39, 0.29) is 24.3 Å². The fourth-order valence-electron chi connectivity index (χ4n) is 5.91. The first-order valence-electron chi connectivity index (χ1n) is 13.1. The number of hydroxylamine groups is 3. The molecule has 37 heavy (non-hydrogen) atoms. The summed E-state index contributed by atoms with van der Waals surface area (Å²) in [6.07, 6.45) is 2.93. The first-order chi connectivity index (χ1) is 17.6. The third kappa shape index (κ3) is 6.37. The second kappa shape index (κ2) is 11.3. The van der Waals surface area contributed by atoms with E-state index in [9.17, 15) is 14.4 Å². The van der Waals surface area contributed by atoms with Crippen LogP contribution >= 0.6 is 0 Å². The van der Waals surface area contributed by atoms with Gasteiger partial charge >= 0.3 is 5.97 Å². The van der Waals surface area contributed by atoms with Crippen molar-refractivity contribution in [3.05, 3.63) is 70.4 Å². The predicted octanol–water partition coefficient (Wildman–Crippen LogP) is 5.28. The number of aromatic nitrogens is 2. The average molecular weight is 512 g/mol. The van der Waals surface area contributed by atoms with Crippen molar-refractivity contribution in [3.63, 3.8) is 0 Å². The van der Waals surface area contributed by atoms with Gasteiger partial charge in [-0.15, -0.1) is 0 Å². The topological polar surface area (TPSA) is 87.3 Å². The van der Waals surface area contributed by atoms with Crippen molar-refractivity contribution in [2.75, 3.05) is 33.9 Å². The minimum absolute atomic E-state index is 0.123. The molecule has 200 valence electrons. The Hall–Kier alpha value is -2.81. The van der Waals surface area contributed by atoms with Crippen LogP contribution < -0.4 is 0 Å². The van der Waals surface area contributed by atoms with E-state index in [1.165, 1.54) is 13.2 Å². The molecule has 3 aromatic rings. The van der Waals surface area contributed by atoms with Crippen LogP contribution in [-0.4, -0.2) is 60.0 Å². The van der Waals surface area contributed by atoms with Gasteiger partial charge in [0, 0.05) is 32.3 Å². The van der Waals surface area contributed by atoms with Crippen molar-refractivity contribution in [1.29, 1.82) is 0 Å². The van der Waals surface area contributed by atoms with Crippen molar-refractivity contribution in [3.8, 4) is 0 Å². The van der Waals surface area contributed by atoms with Crippen LogP contribution in [0.25, 0.3) is 11.0 Å². The molecule has 1 aliphatic carbocycles. The van der Waals surface area contributed by atoms with Gasteiger partial charge in [-0.2, -0.15) is 0 Å². The lowest BCUT2D eigenvalue weighted by atomic mass is 9.65. The van der Waals surface area contributed by atoms with Crippen molar-refractivity contribution < 1.29 is 23.3 Å². The number of fused-ring (bicyclic) bond motifs is 2. The van der Waals surface area contributed by atoms with Gasteiger partial charge in [-0.25, -0.2) is 14.2 Å². The number of quaternary nitrogens is 1. The number of aromatic amines is 1. The zero-order chi connectivity index (χ0) is 26.6. The molecule has 7 nitrogen and oxygen atoms in total. The Morgan fingerprint density at radius 2 is 2.05 bits per heavy atom. The van der Waals surface area contributed by atoms with Crippen LogP contribution in [0.2, 0.25) is 0 Å². The van der Waals surface area contributed by atoms with E-state index in [0.29, 0.717) is 45.2 Å².